The summed E-state index contributed by atoms with van der Waals surface area (Å²) < 4.78 is 10.7. The van der Waals surface area contributed by atoms with Gasteiger partial charge in [-0.1, -0.05) is 36.4 Å². The molecular formula is C18H23NO5. The van der Waals surface area contributed by atoms with Crippen LogP contribution in [-0.2, 0) is 9.57 Å². The number of rotatable bonds is 6. The monoisotopic (exact) mass is 333 g/mol. The normalized spacial score (nSPS) is 12.7. The van der Waals surface area contributed by atoms with E-state index in [1.807, 2.05) is 42.5 Å². The maximum absolute atomic E-state index is 11.4. The zero-order valence-corrected chi connectivity index (χ0v) is 14.1. The van der Waals surface area contributed by atoms with Gasteiger partial charge in [0.25, 0.3) is 0 Å². The molecule has 0 fully saturated rings. The van der Waals surface area contributed by atoms with Crippen molar-refractivity contribution in [2.24, 2.45) is 0 Å². The van der Waals surface area contributed by atoms with Crippen LogP contribution in [0.1, 0.15) is 20.8 Å². The van der Waals surface area contributed by atoms with Gasteiger partial charge in [-0.25, -0.2) is 4.79 Å². The highest BCUT2D eigenvalue weighted by Crippen LogP contribution is 2.25. The zero-order valence-electron chi connectivity index (χ0n) is 14.1. The first-order chi connectivity index (χ1) is 11.3. The highest BCUT2D eigenvalue weighted by molar-refractivity contribution is 5.88. The van der Waals surface area contributed by atoms with Crippen LogP contribution < -0.4 is 10.2 Å². The van der Waals surface area contributed by atoms with E-state index < -0.39 is 17.8 Å². The minimum Gasteiger partial charge on any atom is -0.490 e. The fraction of sp³-hybridized carbons (Fsp3) is 0.389. The molecule has 6 heteroatoms. The lowest BCUT2D eigenvalue weighted by Crippen LogP contribution is -2.35. The van der Waals surface area contributed by atoms with Gasteiger partial charge in [0.05, 0.1) is 0 Å². The molecule has 0 aliphatic carbocycles. The molecule has 0 aliphatic rings. The van der Waals surface area contributed by atoms with E-state index in [0.29, 0.717) is 5.75 Å². The Morgan fingerprint density at radius 2 is 1.83 bits per heavy atom. The number of carbonyl (C=O) groups excluding carboxylic acids is 1. The van der Waals surface area contributed by atoms with E-state index in [0.717, 1.165) is 10.8 Å². The highest BCUT2D eigenvalue weighted by atomic mass is 16.7. The minimum atomic E-state index is -0.890. The molecule has 2 aromatic carbocycles. The van der Waals surface area contributed by atoms with Crippen LogP contribution in [0.2, 0.25) is 0 Å². The van der Waals surface area contributed by atoms with E-state index in [1.54, 1.807) is 20.8 Å². The molecule has 24 heavy (non-hydrogen) atoms. The molecule has 2 rings (SSSR count). The van der Waals surface area contributed by atoms with Crippen molar-refractivity contribution in [3.63, 3.8) is 0 Å². The molecule has 0 aromatic heterocycles. The van der Waals surface area contributed by atoms with Crippen molar-refractivity contribution in [2.75, 3.05) is 13.2 Å². The Morgan fingerprint density at radius 3 is 2.58 bits per heavy atom. The van der Waals surface area contributed by atoms with E-state index in [1.165, 1.54) is 0 Å². The van der Waals surface area contributed by atoms with Crippen LogP contribution in [0, 0.1) is 0 Å². The molecular weight excluding hydrogens is 310 g/mol. The predicted molar refractivity (Wildman–Crippen MR) is 90.8 cm³/mol. The van der Waals surface area contributed by atoms with Gasteiger partial charge in [-0.05, 0) is 32.2 Å². The number of hydrogen-bond donors (Lipinski definition) is 2. The molecule has 0 saturated heterocycles. The van der Waals surface area contributed by atoms with Crippen molar-refractivity contribution in [2.45, 2.75) is 32.5 Å². The number of fused-ring (bicyclic) bond motifs is 1. The molecule has 0 radical (unpaired) electrons. The van der Waals surface area contributed by atoms with Crippen molar-refractivity contribution in [1.29, 1.82) is 0 Å². The summed E-state index contributed by atoms with van der Waals surface area (Å²) in [7, 11) is 0. The molecule has 130 valence electrons. The summed E-state index contributed by atoms with van der Waals surface area (Å²) in [6.45, 7) is 5.19. The molecule has 2 N–H and O–H groups in total. The Labute approximate surface area is 141 Å². The van der Waals surface area contributed by atoms with Gasteiger partial charge in [0.1, 0.15) is 30.7 Å². The maximum atomic E-state index is 11.4. The molecule has 2 aromatic rings. The number of aliphatic hydroxyl groups excluding tert-OH is 1. The molecule has 0 unspecified atom stereocenters. The predicted octanol–water partition coefficient (Wildman–Crippen LogP) is 3.04. The van der Waals surface area contributed by atoms with Crippen LogP contribution >= 0.6 is 0 Å². The van der Waals surface area contributed by atoms with Gasteiger partial charge in [0.15, 0.2) is 0 Å². The highest BCUT2D eigenvalue weighted by Gasteiger charge is 2.16. The Hall–Kier alpha value is -2.31. The number of ether oxygens (including phenoxy) is 2. The second-order valence-corrected chi connectivity index (χ2v) is 6.36. The van der Waals surface area contributed by atoms with Gasteiger partial charge in [-0.2, -0.15) is 5.48 Å². The smallest absolute Gasteiger partial charge is 0.431 e. The third-order valence-electron chi connectivity index (χ3n) is 3.01. The van der Waals surface area contributed by atoms with Gasteiger partial charge in [0, 0.05) is 5.39 Å². The van der Waals surface area contributed by atoms with Crippen LogP contribution in [0.15, 0.2) is 42.5 Å². The number of hydrogen-bond acceptors (Lipinski definition) is 5. The molecule has 0 spiro atoms. The van der Waals surface area contributed by atoms with Gasteiger partial charge in [0.2, 0.25) is 0 Å². The Morgan fingerprint density at radius 1 is 1.12 bits per heavy atom. The maximum Gasteiger partial charge on any atom is 0.431 e. The summed E-state index contributed by atoms with van der Waals surface area (Å²) in [6, 6.07) is 13.6. The Balaban J connectivity index is 1.77. The van der Waals surface area contributed by atoms with E-state index in [4.69, 9.17) is 14.3 Å². The average Bonchev–Trinajstić information content (AvgIpc) is 2.51. The SMILES string of the molecule is CC(C)(C)OC(=O)NOC[C@@H](O)COc1cccc2ccccc12. The van der Waals surface area contributed by atoms with Crippen LogP contribution in [0.4, 0.5) is 4.79 Å². The number of carbonyl (C=O) groups is 1. The Bertz CT molecular complexity index is 675. The van der Waals surface area contributed by atoms with Crippen molar-refractivity contribution >= 4 is 16.9 Å². The van der Waals surface area contributed by atoms with Crippen molar-refractivity contribution in [1.82, 2.24) is 5.48 Å². The van der Waals surface area contributed by atoms with Crippen LogP contribution in [0.3, 0.4) is 0 Å². The van der Waals surface area contributed by atoms with Gasteiger partial charge in [-0.3, -0.25) is 4.84 Å². The second-order valence-electron chi connectivity index (χ2n) is 6.36. The first-order valence-electron chi connectivity index (χ1n) is 7.74. The van der Waals surface area contributed by atoms with Crippen LogP contribution in [0.25, 0.3) is 10.8 Å². The molecule has 1 amide bonds. The van der Waals surface area contributed by atoms with Crippen molar-refractivity contribution in [3.05, 3.63) is 42.5 Å². The van der Waals surface area contributed by atoms with Gasteiger partial charge < -0.3 is 14.6 Å². The summed E-state index contributed by atoms with van der Waals surface area (Å²) >= 11 is 0. The second kappa shape index (κ2) is 7.99. The molecule has 0 saturated carbocycles. The lowest BCUT2D eigenvalue weighted by atomic mass is 10.1. The summed E-state index contributed by atoms with van der Waals surface area (Å²) in [5, 5.41) is 11.9. The first kappa shape index (κ1) is 18.0. The zero-order chi connectivity index (χ0) is 17.6. The summed E-state index contributed by atoms with van der Waals surface area (Å²) in [5.74, 6) is 0.687. The third kappa shape index (κ3) is 5.72. The Kier molecular flexibility index (Phi) is 6.00. The molecule has 1 atom stereocenters. The van der Waals surface area contributed by atoms with Crippen molar-refractivity contribution < 1.29 is 24.2 Å². The van der Waals surface area contributed by atoms with Gasteiger partial charge in [-0.15, -0.1) is 0 Å². The molecule has 0 bridgehead atoms. The number of aliphatic hydroxyl groups is 1. The quantitative estimate of drug-likeness (QED) is 0.795. The van der Waals surface area contributed by atoms with E-state index in [9.17, 15) is 9.90 Å². The van der Waals surface area contributed by atoms with E-state index in [-0.39, 0.29) is 13.2 Å². The van der Waals surface area contributed by atoms with Crippen LogP contribution in [-0.4, -0.2) is 36.1 Å². The lowest BCUT2D eigenvalue weighted by Gasteiger charge is -2.20. The number of hydroxylamine groups is 1. The minimum absolute atomic E-state index is 0.0456. The van der Waals surface area contributed by atoms with E-state index in [2.05, 4.69) is 5.48 Å². The fourth-order valence-corrected chi connectivity index (χ4v) is 2.05. The number of nitrogens with one attached hydrogen (secondary N) is 1. The average molecular weight is 333 g/mol. The standard InChI is InChI=1S/C18H23NO5/c1-18(2,3)24-17(21)19-23-12-14(20)11-22-16-10-6-8-13-7-4-5-9-15(13)16/h4-10,14,20H,11-12H2,1-3H3,(H,19,21)/t14-/m0/s1. The lowest BCUT2D eigenvalue weighted by molar-refractivity contribution is -0.0443. The number of benzene rings is 2. The van der Waals surface area contributed by atoms with Gasteiger partial charge >= 0.3 is 6.09 Å². The third-order valence-corrected chi connectivity index (χ3v) is 3.01. The topological polar surface area (TPSA) is 77.0 Å². The molecule has 0 heterocycles. The number of amides is 1. The largest absolute Gasteiger partial charge is 0.490 e. The van der Waals surface area contributed by atoms with Crippen molar-refractivity contribution in [3.8, 4) is 5.75 Å². The summed E-state index contributed by atoms with van der Waals surface area (Å²) in [6.07, 6.45) is -1.59. The molecule has 0 aliphatic heterocycles. The van der Waals surface area contributed by atoms with E-state index >= 15 is 0 Å². The summed E-state index contributed by atoms with van der Waals surface area (Å²) in [4.78, 5) is 16.3. The van der Waals surface area contributed by atoms with Crippen LogP contribution in [0.5, 0.6) is 5.75 Å². The summed E-state index contributed by atoms with van der Waals surface area (Å²) in [5.41, 5.74) is 1.51. The first-order valence-corrected chi connectivity index (χ1v) is 7.74. The fourth-order valence-electron chi connectivity index (χ4n) is 2.05. The molecule has 6 nitrogen and oxygen atoms in total.